The lowest BCUT2D eigenvalue weighted by atomic mass is 10.2. The third-order valence-electron chi connectivity index (χ3n) is 3.86. The number of benzene rings is 2. The van der Waals surface area contributed by atoms with Crippen molar-refractivity contribution in [3.05, 3.63) is 64.4 Å². The van der Waals surface area contributed by atoms with E-state index >= 15 is 0 Å². The Hall–Kier alpha value is -3.46. The van der Waals surface area contributed by atoms with Crippen LogP contribution in [-0.4, -0.2) is 43.4 Å². The fourth-order valence-corrected chi connectivity index (χ4v) is 2.43. The minimum atomic E-state index is -0.895. The molecular formula is C20H19ClFN3O5. The predicted molar refractivity (Wildman–Crippen MR) is 108 cm³/mol. The molecule has 0 saturated heterocycles. The molecule has 0 bridgehead atoms. The number of rotatable bonds is 8. The smallest absolute Gasteiger partial charge is 0.325 e. The Morgan fingerprint density at radius 3 is 2.43 bits per heavy atom. The Labute approximate surface area is 176 Å². The third-order valence-corrected chi connectivity index (χ3v) is 4.27. The van der Waals surface area contributed by atoms with Crippen LogP contribution in [0.15, 0.2) is 42.5 Å². The van der Waals surface area contributed by atoms with E-state index in [9.17, 15) is 23.6 Å². The number of hydrogen-bond acceptors (Lipinski definition) is 5. The molecule has 2 rings (SSSR count). The van der Waals surface area contributed by atoms with Crippen molar-refractivity contribution < 1.29 is 28.3 Å². The summed E-state index contributed by atoms with van der Waals surface area (Å²) in [5.41, 5.74) is 0.980. The molecule has 0 unspecified atom stereocenters. The summed E-state index contributed by atoms with van der Waals surface area (Å²) in [6, 6.07) is 10.3. The summed E-state index contributed by atoms with van der Waals surface area (Å²) in [5, 5.41) is 7.57. The van der Waals surface area contributed by atoms with Gasteiger partial charge in [0.25, 0.3) is 11.8 Å². The number of nitrogens with one attached hydrogen (secondary N) is 3. The maximum absolute atomic E-state index is 13.5. The summed E-state index contributed by atoms with van der Waals surface area (Å²) in [6.45, 7) is 0.208. The van der Waals surface area contributed by atoms with Crippen LogP contribution in [0.1, 0.15) is 15.9 Å². The van der Waals surface area contributed by atoms with Gasteiger partial charge >= 0.3 is 5.97 Å². The fraction of sp³-hybridized carbons (Fsp3) is 0.200. The topological polar surface area (TPSA) is 114 Å². The maximum Gasteiger partial charge on any atom is 0.325 e. The predicted octanol–water partition coefficient (Wildman–Crippen LogP) is 1.82. The van der Waals surface area contributed by atoms with Gasteiger partial charge in [0.1, 0.15) is 12.4 Å². The molecule has 0 saturated carbocycles. The summed E-state index contributed by atoms with van der Waals surface area (Å²) in [5.74, 6) is -3.61. The molecule has 0 aliphatic carbocycles. The van der Waals surface area contributed by atoms with Crippen LogP contribution in [-0.2, 0) is 19.1 Å². The van der Waals surface area contributed by atoms with E-state index in [0.29, 0.717) is 16.3 Å². The molecule has 30 heavy (non-hydrogen) atoms. The molecule has 0 atom stereocenters. The summed E-state index contributed by atoms with van der Waals surface area (Å²) < 4.78 is 18.2. The van der Waals surface area contributed by atoms with Crippen LogP contribution in [0, 0.1) is 12.7 Å². The zero-order valence-corrected chi connectivity index (χ0v) is 16.7. The average Bonchev–Trinajstić information content (AvgIpc) is 2.72. The Morgan fingerprint density at radius 1 is 0.967 bits per heavy atom. The van der Waals surface area contributed by atoms with Gasteiger partial charge in [-0.15, -0.1) is 0 Å². The monoisotopic (exact) mass is 435 g/mol. The number of ether oxygens (including phenoxy) is 1. The maximum atomic E-state index is 13.5. The quantitative estimate of drug-likeness (QED) is 0.547. The molecular weight excluding hydrogens is 417 g/mol. The van der Waals surface area contributed by atoms with Crippen LogP contribution < -0.4 is 16.0 Å². The van der Waals surface area contributed by atoms with Crippen molar-refractivity contribution in [2.24, 2.45) is 0 Å². The standard InChI is InChI=1S/C20H19ClFN3O5/c1-12-14(21)6-4-8-16(12)25-17(26)9-23-18(27)11-30-19(28)10-24-20(29)13-5-2-3-7-15(13)22/h2-8H,9-11H2,1H3,(H,23,27)(H,24,29)(H,25,26). The molecule has 2 aromatic rings. The van der Waals surface area contributed by atoms with Crippen LogP contribution in [0.3, 0.4) is 0 Å². The third kappa shape index (κ3) is 6.85. The molecule has 0 heterocycles. The van der Waals surface area contributed by atoms with Crippen molar-refractivity contribution in [2.45, 2.75) is 6.92 Å². The van der Waals surface area contributed by atoms with Crippen LogP contribution >= 0.6 is 11.6 Å². The van der Waals surface area contributed by atoms with E-state index in [4.69, 9.17) is 16.3 Å². The molecule has 0 fully saturated rings. The highest BCUT2D eigenvalue weighted by Crippen LogP contribution is 2.22. The highest BCUT2D eigenvalue weighted by molar-refractivity contribution is 6.31. The van der Waals surface area contributed by atoms with E-state index in [0.717, 1.165) is 6.07 Å². The van der Waals surface area contributed by atoms with Gasteiger partial charge < -0.3 is 20.7 Å². The number of hydrogen-bond donors (Lipinski definition) is 3. The molecule has 158 valence electrons. The van der Waals surface area contributed by atoms with Gasteiger partial charge in [0.15, 0.2) is 6.61 Å². The zero-order valence-electron chi connectivity index (χ0n) is 16.0. The van der Waals surface area contributed by atoms with E-state index in [-0.39, 0.29) is 12.1 Å². The van der Waals surface area contributed by atoms with Crippen LogP contribution in [0.5, 0.6) is 0 Å². The van der Waals surface area contributed by atoms with Gasteiger partial charge in [-0.1, -0.05) is 29.8 Å². The Kier molecular flexibility index (Phi) is 8.30. The van der Waals surface area contributed by atoms with Gasteiger partial charge in [0.05, 0.1) is 12.1 Å². The molecule has 8 nitrogen and oxygen atoms in total. The molecule has 0 spiro atoms. The minimum Gasteiger partial charge on any atom is -0.454 e. The van der Waals surface area contributed by atoms with Gasteiger partial charge in [0.2, 0.25) is 5.91 Å². The lowest BCUT2D eigenvalue weighted by Gasteiger charge is -2.10. The first kappa shape index (κ1) is 22.8. The second-order valence-electron chi connectivity index (χ2n) is 6.06. The van der Waals surface area contributed by atoms with Gasteiger partial charge in [0, 0.05) is 10.7 Å². The number of amides is 3. The number of carbonyl (C=O) groups is 4. The number of carbonyl (C=O) groups excluding carboxylic acids is 4. The van der Waals surface area contributed by atoms with E-state index < -0.39 is 42.7 Å². The molecule has 3 amide bonds. The largest absolute Gasteiger partial charge is 0.454 e. The first-order valence-electron chi connectivity index (χ1n) is 8.78. The van der Waals surface area contributed by atoms with Crippen LogP contribution in [0.25, 0.3) is 0 Å². The van der Waals surface area contributed by atoms with Crippen LogP contribution in [0.4, 0.5) is 10.1 Å². The molecule has 0 aliphatic rings. The zero-order chi connectivity index (χ0) is 22.1. The Morgan fingerprint density at radius 2 is 1.70 bits per heavy atom. The molecule has 3 N–H and O–H groups in total. The first-order chi connectivity index (χ1) is 14.3. The van der Waals surface area contributed by atoms with Gasteiger partial charge in [-0.25, -0.2) is 4.39 Å². The van der Waals surface area contributed by atoms with Crippen LogP contribution in [0.2, 0.25) is 5.02 Å². The van der Waals surface area contributed by atoms with Crippen molar-refractivity contribution in [2.75, 3.05) is 25.0 Å². The second kappa shape index (κ2) is 10.9. The normalized spacial score (nSPS) is 10.1. The lowest BCUT2D eigenvalue weighted by molar-refractivity contribution is -0.147. The van der Waals surface area contributed by atoms with Gasteiger partial charge in [-0.2, -0.15) is 0 Å². The fourth-order valence-electron chi connectivity index (χ4n) is 2.26. The lowest BCUT2D eigenvalue weighted by Crippen LogP contribution is -2.37. The van der Waals surface area contributed by atoms with Crippen molar-refractivity contribution >= 4 is 41.0 Å². The Balaban J connectivity index is 1.68. The van der Waals surface area contributed by atoms with E-state index in [1.165, 1.54) is 18.2 Å². The summed E-state index contributed by atoms with van der Waals surface area (Å²) in [6.07, 6.45) is 0. The Bertz CT molecular complexity index is 967. The average molecular weight is 436 g/mol. The highest BCUT2D eigenvalue weighted by atomic mass is 35.5. The van der Waals surface area contributed by atoms with E-state index in [1.807, 2.05) is 0 Å². The summed E-state index contributed by atoms with van der Waals surface area (Å²) in [7, 11) is 0. The van der Waals surface area contributed by atoms with Crippen molar-refractivity contribution in [3.63, 3.8) is 0 Å². The summed E-state index contributed by atoms with van der Waals surface area (Å²) >= 11 is 5.97. The van der Waals surface area contributed by atoms with Crippen molar-refractivity contribution in [1.29, 1.82) is 0 Å². The number of anilines is 1. The van der Waals surface area contributed by atoms with Crippen molar-refractivity contribution in [1.82, 2.24) is 10.6 Å². The molecule has 10 heteroatoms. The number of esters is 1. The van der Waals surface area contributed by atoms with Gasteiger partial charge in [-0.05, 0) is 36.8 Å². The molecule has 0 aromatic heterocycles. The summed E-state index contributed by atoms with van der Waals surface area (Å²) in [4.78, 5) is 47.0. The van der Waals surface area contributed by atoms with E-state index in [2.05, 4.69) is 16.0 Å². The number of halogens is 2. The molecule has 0 radical (unpaired) electrons. The van der Waals surface area contributed by atoms with E-state index in [1.54, 1.807) is 25.1 Å². The molecule has 2 aromatic carbocycles. The van der Waals surface area contributed by atoms with Gasteiger partial charge in [-0.3, -0.25) is 19.2 Å². The first-order valence-corrected chi connectivity index (χ1v) is 9.15. The second-order valence-corrected chi connectivity index (χ2v) is 6.47. The highest BCUT2D eigenvalue weighted by Gasteiger charge is 2.14. The molecule has 0 aliphatic heterocycles. The SMILES string of the molecule is Cc1c(Cl)cccc1NC(=O)CNC(=O)COC(=O)CNC(=O)c1ccccc1F. The van der Waals surface area contributed by atoms with Crippen molar-refractivity contribution in [3.8, 4) is 0 Å². The minimum absolute atomic E-state index is 0.219.